The average molecular weight is 183 g/mol. The molecule has 0 radical (unpaired) electrons. The highest BCUT2D eigenvalue weighted by Gasteiger charge is 2.31. The Morgan fingerprint density at radius 1 is 1.55 bits per heavy atom. The molecule has 62 valence electrons. The van der Waals surface area contributed by atoms with Crippen LogP contribution in [0.4, 0.5) is 13.2 Å². The molecule has 1 aromatic rings. The maximum atomic E-state index is 11.6. The van der Waals surface area contributed by atoms with Crippen molar-refractivity contribution in [2.24, 2.45) is 0 Å². The first kappa shape index (κ1) is 8.45. The third kappa shape index (κ3) is 2.83. The van der Waals surface area contributed by atoms with Crippen LogP contribution in [-0.2, 0) is 0 Å². The number of hydrogen-bond acceptors (Lipinski definition) is 3. The van der Waals surface area contributed by atoms with Gasteiger partial charge in [0.15, 0.2) is 0 Å². The zero-order valence-corrected chi connectivity index (χ0v) is 6.29. The molecule has 0 aliphatic heterocycles. The lowest BCUT2D eigenvalue weighted by molar-refractivity contribution is -0.0337. The smallest absolute Gasteiger partial charge is 0.440 e. The SMILES string of the molecule is Cc1coc(SC(F)(F)F)n1. The monoisotopic (exact) mass is 183 g/mol. The summed E-state index contributed by atoms with van der Waals surface area (Å²) in [7, 11) is 0. The minimum Gasteiger partial charge on any atom is -0.440 e. The molecule has 0 unspecified atom stereocenters. The van der Waals surface area contributed by atoms with Crippen LogP contribution in [0, 0.1) is 6.92 Å². The summed E-state index contributed by atoms with van der Waals surface area (Å²) >= 11 is -0.356. The molecular formula is C5H4F3NOS. The largest absolute Gasteiger partial charge is 0.450 e. The van der Waals surface area contributed by atoms with Gasteiger partial charge in [0.1, 0.15) is 6.26 Å². The molecule has 0 bridgehead atoms. The Balaban J connectivity index is 2.65. The third-order valence-corrected chi connectivity index (χ3v) is 1.39. The summed E-state index contributed by atoms with van der Waals surface area (Å²) in [6.45, 7) is 1.56. The van der Waals surface area contributed by atoms with Crippen molar-refractivity contribution in [3.05, 3.63) is 12.0 Å². The van der Waals surface area contributed by atoms with E-state index in [9.17, 15) is 13.2 Å². The van der Waals surface area contributed by atoms with Crippen LogP contribution < -0.4 is 0 Å². The number of alkyl halides is 3. The lowest BCUT2D eigenvalue weighted by atomic mass is 10.6. The summed E-state index contributed by atoms with van der Waals surface area (Å²) in [5, 5.41) is -0.366. The van der Waals surface area contributed by atoms with Gasteiger partial charge in [0.2, 0.25) is 0 Å². The van der Waals surface area contributed by atoms with Gasteiger partial charge >= 0.3 is 5.51 Å². The van der Waals surface area contributed by atoms with Gasteiger partial charge in [-0.25, -0.2) is 4.98 Å². The molecule has 0 saturated carbocycles. The quantitative estimate of drug-likeness (QED) is 0.626. The molecular weight excluding hydrogens is 179 g/mol. The molecule has 0 fully saturated rings. The van der Waals surface area contributed by atoms with Crippen molar-refractivity contribution in [1.29, 1.82) is 0 Å². The van der Waals surface area contributed by atoms with Crippen molar-refractivity contribution in [3.8, 4) is 0 Å². The summed E-state index contributed by atoms with van der Waals surface area (Å²) in [6, 6.07) is 0. The Kier molecular flexibility index (Phi) is 2.12. The Hall–Kier alpha value is -0.650. The summed E-state index contributed by atoms with van der Waals surface area (Å²) in [4.78, 5) is 3.47. The van der Waals surface area contributed by atoms with Gasteiger partial charge < -0.3 is 4.42 Å². The Bertz CT molecular complexity index is 244. The van der Waals surface area contributed by atoms with Crippen LogP contribution in [0.2, 0.25) is 0 Å². The number of halogens is 3. The number of aryl methyl sites for hydroxylation is 1. The zero-order chi connectivity index (χ0) is 8.48. The molecule has 0 aliphatic carbocycles. The van der Waals surface area contributed by atoms with Crippen LogP contribution in [0.3, 0.4) is 0 Å². The van der Waals surface area contributed by atoms with E-state index in [1.54, 1.807) is 6.92 Å². The second-order valence-corrected chi connectivity index (χ2v) is 2.82. The van der Waals surface area contributed by atoms with Crippen molar-refractivity contribution in [2.45, 2.75) is 17.7 Å². The molecule has 0 aliphatic rings. The van der Waals surface area contributed by atoms with Crippen LogP contribution >= 0.6 is 11.8 Å². The van der Waals surface area contributed by atoms with E-state index in [1.165, 1.54) is 6.26 Å². The predicted molar refractivity (Wildman–Crippen MR) is 33.2 cm³/mol. The van der Waals surface area contributed by atoms with Gasteiger partial charge in [0.05, 0.1) is 5.69 Å². The summed E-state index contributed by atoms with van der Waals surface area (Å²) in [5.74, 6) is 0. The lowest BCUT2D eigenvalue weighted by Gasteiger charge is -1.98. The second-order valence-electron chi connectivity index (χ2n) is 1.80. The first-order chi connectivity index (χ1) is 4.97. The van der Waals surface area contributed by atoms with Gasteiger partial charge in [0.25, 0.3) is 5.22 Å². The Morgan fingerprint density at radius 3 is 2.55 bits per heavy atom. The molecule has 1 rings (SSSR count). The van der Waals surface area contributed by atoms with E-state index < -0.39 is 5.51 Å². The highest BCUT2D eigenvalue weighted by atomic mass is 32.2. The highest BCUT2D eigenvalue weighted by molar-refractivity contribution is 7.99. The van der Waals surface area contributed by atoms with Crippen LogP contribution in [0.15, 0.2) is 15.9 Å². The van der Waals surface area contributed by atoms with Crippen molar-refractivity contribution in [3.63, 3.8) is 0 Å². The number of thioether (sulfide) groups is 1. The number of aromatic nitrogens is 1. The third-order valence-electron chi connectivity index (χ3n) is 0.801. The van der Waals surface area contributed by atoms with Gasteiger partial charge in [0, 0.05) is 11.8 Å². The van der Waals surface area contributed by atoms with E-state index in [0.717, 1.165) is 0 Å². The van der Waals surface area contributed by atoms with Gasteiger partial charge in [-0.15, -0.1) is 0 Å². The number of nitrogens with zero attached hydrogens (tertiary/aromatic N) is 1. The molecule has 0 aromatic carbocycles. The van der Waals surface area contributed by atoms with E-state index in [0.29, 0.717) is 5.69 Å². The van der Waals surface area contributed by atoms with E-state index in [4.69, 9.17) is 0 Å². The average Bonchev–Trinajstić information content (AvgIpc) is 2.10. The molecule has 2 nitrogen and oxygen atoms in total. The van der Waals surface area contributed by atoms with E-state index in [-0.39, 0.29) is 17.0 Å². The minimum atomic E-state index is -4.32. The maximum absolute atomic E-state index is 11.6. The molecule has 0 amide bonds. The standard InChI is InChI=1S/C5H4F3NOS/c1-3-2-10-4(9-3)11-5(6,7)8/h2H,1H3. The van der Waals surface area contributed by atoms with Crippen molar-refractivity contribution >= 4 is 11.8 Å². The first-order valence-corrected chi connectivity index (χ1v) is 3.47. The first-order valence-electron chi connectivity index (χ1n) is 2.65. The summed E-state index contributed by atoms with van der Waals surface area (Å²) in [5.41, 5.74) is -3.88. The van der Waals surface area contributed by atoms with Gasteiger partial charge in [-0.2, -0.15) is 13.2 Å². The van der Waals surface area contributed by atoms with Gasteiger partial charge in [-0.05, 0) is 6.92 Å². The highest BCUT2D eigenvalue weighted by Crippen LogP contribution is 2.35. The fraction of sp³-hybridized carbons (Fsp3) is 0.400. The normalized spacial score (nSPS) is 12.0. The van der Waals surface area contributed by atoms with E-state index in [2.05, 4.69) is 9.40 Å². The summed E-state index contributed by atoms with van der Waals surface area (Å²) in [6.07, 6.45) is 1.17. The number of rotatable bonds is 1. The van der Waals surface area contributed by atoms with Crippen molar-refractivity contribution in [1.82, 2.24) is 4.98 Å². The molecule has 0 spiro atoms. The zero-order valence-electron chi connectivity index (χ0n) is 5.47. The Labute approximate surface area is 64.8 Å². The molecule has 0 atom stereocenters. The number of oxazole rings is 1. The maximum Gasteiger partial charge on any atom is 0.450 e. The lowest BCUT2D eigenvalue weighted by Crippen LogP contribution is -1.98. The molecule has 1 heterocycles. The summed E-state index contributed by atoms with van der Waals surface area (Å²) < 4.78 is 39.3. The number of hydrogen-bond donors (Lipinski definition) is 0. The fourth-order valence-electron chi connectivity index (χ4n) is 0.478. The molecule has 1 aromatic heterocycles. The molecule has 0 saturated heterocycles. The van der Waals surface area contributed by atoms with Crippen molar-refractivity contribution in [2.75, 3.05) is 0 Å². The van der Waals surface area contributed by atoms with Crippen LogP contribution in [-0.4, -0.2) is 10.5 Å². The molecule has 11 heavy (non-hydrogen) atoms. The fourth-order valence-corrected chi connectivity index (χ4v) is 0.962. The topological polar surface area (TPSA) is 26.0 Å². The van der Waals surface area contributed by atoms with Crippen LogP contribution in [0.25, 0.3) is 0 Å². The van der Waals surface area contributed by atoms with E-state index >= 15 is 0 Å². The van der Waals surface area contributed by atoms with Crippen LogP contribution in [0.5, 0.6) is 0 Å². The molecule has 0 N–H and O–H groups in total. The van der Waals surface area contributed by atoms with Crippen molar-refractivity contribution < 1.29 is 17.6 Å². The minimum absolute atomic E-state index is 0.356. The Morgan fingerprint density at radius 2 is 2.18 bits per heavy atom. The van der Waals surface area contributed by atoms with Crippen LogP contribution in [0.1, 0.15) is 5.69 Å². The van der Waals surface area contributed by atoms with Gasteiger partial charge in [-0.1, -0.05) is 0 Å². The molecule has 6 heteroatoms. The second kappa shape index (κ2) is 2.77. The predicted octanol–water partition coefficient (Wildman–Crippen LogP) is 2.59. The van der Waals surface area contributed by atoms with E-state index in [1.807, 2.05) is 0 Å². The van der Waals surface area contributed by atoms with Gasteiger partial charge in [-0.3, -0.25) is 0 Å².